The molecule has 1 saturated heterocycles. The highest BCUT2D eigenvalue weighted by molar-refractivity contribution is 5.39. The van der Waals surface area contributed by atoms with Crippen LogP contribution < -0.4 is 4.74 Å². The van der Waals surface area contributed by atoms with E-state index in [9.17, 15) is 5.11 Å². The lowest BCUT2D eigenvalue weighted by atomic mass is 9.84. The van der Waals surface area contributed by atoms with Crippen molar-refractivity contribution < 1.29 is 14.6 Å². The van der Waals surface area contributed by atoms with E-state index in [2.05, 4.69) is 17.9 Å². The first-order valence-corrected chi connectivity index (χ1v) is 7.89. The first-order valence-electron chi connectivity index (χ1n) is 7.89. The van der Waals surface area contributed by atoms with Crippen molar-refractivity contribution in [1.82, 2.24) is 4.90 Å². The summed E-state index contributed by atoms with van der Waals surface area (Å²) in [7, 11) is 1.68. The maximum atomic E-state index is 10.8. The molecule has 3 unspecified atom stereocenters. The summed E-state index contributed by atoms with van der Waals surface area (Å²) in [6, 6.07) is 6.22. The van der Waals surface area contributed by atoms with E-state index in [0.717, 1.165) is 50.3 Å². The van der Waals surface area contributed by atoms with Gasteiger partial charge in [0.05, 0.1) is 19.3 Å². The van der Waals surface area contributed by atoms with Crippen molar-refractivity contribution in [3.8, 4) is 5.75 Å². The van der Waals surface area contributed by atoms with E-state index in [1.165, 1.54) is 5.56 Å². The van der Waals surface area contributed by atoms with Gasteiger partial charge in [-0.1, -0.05) is 6.07 Å². The Labute approximate surface area is 126 Å². The third-order valence-electron chi connectivity index (χ3n) is 4.70. The van der Waals surface area contributed by atoms with Crippen LogP contribution in [0, 0.1) is 0 Å². The van der Waals surface area contributed by atoms with Gasteiger partial charge in [0.1, 0.15) is 5.75 Å². The van der Waals surface area contributed by atoms with Crippen LogP contribution in [0.3, 0.4) is 0 Å². The Kier molecular flexibility index (Phi) is 4.48. The van der Waals surface area contributed by atoms with Crippen molar-refractivity contribution in [2.24, 2.45) is 0 Å². The molecule has 3 rings (SSSR count). The fraction of sp³-hybridized carbons (Fsp3) is 0.647. The summed E-state index contributed by atoms with van der Waals surface area (Å²) in [4.78, 5) is 2.41. The van der Waals surface area contributed by atoms with E-state index >= 15 is 0 Å². The van der Waals surface area contributed by atoms with E-state index in [0.29, 0.717) is 0 Å². The van der Waals surface area contributed by atoms with E-state index in [1.807, 2.05) is 12.1 Å². The fourth-order valence-corrected chi connectivity index (χ4v) is 3.59. The first kappa shape index (κ1) is 14.8. The molecular weight excluding hydrogens is 266 g/mol. The molecule has 0 bridgehead atoms. The minimum atomic E-state index is -0.412. The second kappa shape index (κ2) is 6.34. The third-order valence-corrected chi connectivity index (χ3v) is 4.70. The summed E-state index contributed by atoms with van der Waals surface area (Å²) < 4.78 is 11.0. The average molecular weight is 291 g/mol. The molecule has 2 aliphatic rings. The normalized spacial score (nSPS) is 30.5. The van der Waals surface area contributed by atoms with Gasteiger partial charge >= 0.3 is 0 Å². The summed E-state index contributed by atoms with van der Waals surface area (Å²) in [5.74, 6) is 0.871. The molecule has 21 heavy (non-hydrogen) atoms. The molecule has 0 aromatic heterocycles. The number of nitrogens with zero attached hydrogens (tertiary/aromatic N) is 1. The van der Waals surface area contributed by atoms with Gasteiger partial charge in [0, 0.05) is 25.7 Å². The number of hydrogen-bond donors (Lipinski definition) is 1. The van der Waals surface area contributed by atoms with Gasteiger partial charge in [0.25, 0.3) is 0 Å². The van der Waals surface area contributed by atoms with Crippen LogP contribution in [0.15, 0.2) is 18.2 Å². The van der Waals surface area contributed by atoms with Crippen molar-refractivity contribution in [2.45, 2.75) is 44.4 Å². The molecule has 1 N–H and O–H groups in total. The molecule has 1 aromatic rings. The second-order valence-corrected chi connectivity index (χ2v) is 6.15. The lowest BCUT2D eigenvalue weighted by Gasteiger charge is -2.38. The summed E-state index contributed by atoms with van der Waals surface area (Å²) in [6.07, 6.45) is 2.87. The Bertz CT molecular complexity index is 491. The molecule has 1 aliphatic carbocycles. The van der Waals surface area contributed by atoms with Crippen LogP contribution in [-0.4, -0.2) is 49.0 Å². The van der Waals surface area contributed by atoms with Gasteiger partial charge < -0.3 is 14.6 Å². The van der Waals surface area contributed by atoms with Crippen molar-refractivity contribution in [3.05, 3.63) is 29.3 Å². The lowest BCUT2D eigenvalue weighted by Crippen LogP contribution is -2.44. The van der Waals surface area contributed by atoms with Gasteiger partial charge in [0.15, 0.2) is 0 Å². The van der Waals surface area contributed by atoms with Gasteiger partial charge in [-0.25, -0.2) is 0 Å². The van der Waals surface area contributed by atoms with Gasteiger partial charge in [-0.05, 0) is 49.4 Å². The number of rotatable bonds is 2. The van der Waals surface area contributed by atoms with E-state index in [-0.39, 0.29) is 12.1 Å². The van der Waals surface area contributed by atoms with Crippen molar-refractivity contribution in [3.63, 3.8) is 0 Å². The molecule has 1 aromatic carbocycles. The van der Waals surface area contributed by atoms with Crippen LogP contribution in [0.4, 0.5) is 0 Å². The highest BCUT2D eigenvalue weighted by Gasteiger charge is 2.33. The Morgan fingerprint density at radius 1 is 1.38 bits per heavy atom. The highest BCUT2D eigenvalue weighted by Crippen LogP contribution is 2.35. The summed E-state index contributed by atoms with van der Waals surface area (Å²) >= 11 is 0. The molecule has 1 fully saturated rings. The van der Waals surface area contributed by atoms with Crippen molar-refractivity contribution in [1.29, 1.82) is 0 Å². The Hall–Kier alpha value is -1.10. The van der Waals surface area contributed by atoms with Crippen molar-refractivity contribution in [2.75, 3.05) is 26.8 Å². The largest absolute Gasteiger partial charge is 0.497 e. The van der Waals surface area contributed by atoms with Crippen LogP contribution in [0.25, 0.3) is 0 Å². The van der Waals surface area contributed by atoms with Crippen LogP contribution >= 0.6 is 0 Å². The molecule has 3 atom stereocenters. The van der Waals surface area contributed by atoms with Gasteiger partial charge in [-0.15, -0.1) is 0 Å². The minimum absolute atomic E-state index is 0.204. The maximum Gasteiger partial charge on any atom is 0.119 e. The molecule has 4 nitrogen and oxygen atoms in total. The highest BCUT2D eigenvalue weighted by atomic mass is 16.5. The molecule has 0 radical (unpaired) electrons. The number of benzene rings is 1. The first-order chi connectivity index (χ1) is 10.2. The zero-order valence-electron chi connectivity index (χ0n) is 12.9. The van der Waals surface area contributed by atoms with E-state index < -0.39 is 6.10 Å². The van der Waals surface area contributed by atoms with Crippen LogP contribution in [0.5, 0.6) is 5.75 Å². The number of aliphatic hydroxyl groups excluding tert-OH is 1. The van der Waals surface area contributed by atoms with Gasteiger partial charge in [0.2, 0.25) is 0 Å². The monoisotopic (exact) mass is 291 g/mol. The number of fused-ring (bicyclic) bond motifs is 1. The number of aliphatic hydroxyl groups is 1. The van der Waals surface area contributed by atoms with E-state index in [1.54, 1.807) is 7.11 Å². The molecule has 4 heteroatoms. The molecule has 0 amide bonds. The molecule has 0 spiro atoms. The van der Waals surface area contributed by atoms with Crippen LogP contribution in [0.1, 0.15) is 37.0 Å². The quantitative estimate of drug-likeness (QED) is 0.906. The number of aryl methyl sites for hydroxylation is 1. The second-order valence-electron chi connectivity index (χ2n) is 6.15. The minimum Gasteiger partial charge on any atom is -0.497 e. The topological polar surface area (TPSA) is 41.9 Å². The standard InChI is InChI=1S/C17H25NO3/c1-12-11-18(8-3-9-21-12)16-7-4-13-10-14(20-2)5-6-15(13)17(16)19/h5-6,10,12,16-17,19H,3-4,7-9,11H2,1-2H3. The summed E-state index contributed by atoms with van der Waals surface area (Å²) in [5, 5.41) is 10.8. The van der Waals surface area contributed by atoms with Crippen LogP contribution in [0.2, 0.25) is 0 Å². The third kappa shape index (κ3) is 3.07. The molecular formula is C17H25NO3. The number of hydrogen-bond acceptors (Lipinski definition) is 4. The number of ether oxygens (including phenoxy) is 2. The predicted molar refractivity (Wildman–Crippen MR) is 81.7 cm³/mol. The zero-order valence-corrected chi connectivity index (χ0v) is 12.9. The predicted octanol–water partition coefficient (Wildman–Crippen LogP) is 2.15. The number of methoxy groups -OCH3 is 1. The van der Waals surface area contributed by atoms with Crippen LogP contribution in [-0.2, 0) is 11.2 Å². The average Bonchev–Trinajstić information content (AvgIpc) is 2.71. The van der Waals surface area contributed by atoms with Gasteiger partial charge in [-0.3, -0.25) is 4.90 Å². The summed E-state index contributed by atoms with van der Waals surface area (Å²) in [5.41, 5.74) is 2.28. The Morgan fingerprint density at radius 2 is 2.24 bits per heavy atom. The molecule has 1 heterocycles. The summed E-state index contributed by atoms with van der Waals surface area (Å²) in [6.45, 7) is 4.87. The Morgan fingerprint density at radius 3 is 3.05 bits per heavy atom. The smallest absolute Gasteiger partial charge is 0.119 e. The van der Waals surface area contributed by atoms with Crippen molar-refractivity contribution >= 4 is 0 Å². The fourth-order valence-electron chi connectivity index (χ4n) is 3.59. The SMILES string of the molecule is COc1ccc2c(c1)CCC(N1CCCOC(C)C1)C2O. The van der Waals surface area contributed by atoms with E-state index in [4.69, 9.17) is 9.47 Å². The molecule has 0 saturated carbocycles. The molecule has 1 aliphatic heterocycles. The maximum absolute atomic E-state index is 10.8. The van der Waals surface area contributed by atoms with Gasteiger partial charge in [-0.2, -0.15) is 0 Å². The Balaban J connectivity index is 1.79. The zero-order chi connectivity index (χ0) is 14.8. The molecule has 116 valence electrons. The lowest BCUT2D eigenvalue weighted by molar-refractivity contribution is 0.0158.